The van der Waals surface area contributed by atoms with Crippen molar-refractivity contribution in [3.8, 4) is 22.8 Å². The van der Waals surface area contributed by atoms with Gasteiger partial charge in [-0.2, -0.15) is 0 Å². The van der Waals surface area contributed by atoms with Crippen LogP contribution in [-0.4, -0.2) is 19.4 Å². The van der Waals surface area contributed by atoms with Crippen LogP contribution in [0.15, 0.2) is 22.7 Å². The summed E-state index contributed by atoms with van der Waals surface area (Å²) in [7, 11) is 3.24. The predicted molar refractivity (Wildman–Crippen MR) is 67.7 cm³/mol. The molecule has 5 heteroatoms. The second-order valence-corrected chi connectivity index (χ2v) is 3.86. The zero-order valence-corrected chi connectivity index (χ0v) is 10.7. The molecule has 0 amide bonds. The first-order chi connectivity index (χ1) is 8.71. The third-order valence-electron chi connectivity index (χ3n) is 2.81. The van der Waals surface area contributed by atoms with E-state index in [9.17, 15) is 0 Å². The Labute approximate surface area is 105 Å². The van der Waals surface area contributed by atoms with Crippen molar-refractivity contribution in [1.29, 1.82) is 0 Å². The van der Waals surface area contributed by atoms with Gasteiger partial charge in [0.25, 0.3) is 0 Å². The molecule has 1 aromatic heterocycles. The average Bonchev–Trinajstić information content (AvgIpc) is 2.87. The van der Waals surface area contributed by atoms with Crippen LogP contribution in [-0.2, 0) is 6.54 Å². The van der Waals surface area contributed by atoms with Crippen molar-refractivity contribution in [3.05, 3.63) is 29.5 Å². The maximum Gasteiger partial charge on any atom is 0.170 e. The molecular formula is C13H16N2O3. The zero-order chi connectivity index (χ0) is 13.1. The minimum atomic E-state index is 0.348. The molecule has 0 radical (unpaired) electrons. The van der Waals surface area contributed by atoms with Crippen LogP contribution in [0.5, 0.6) is 11.5 Å². The van der Waals surface area contributed by atoms with E-state index in [1.54, 1.807) is 14.2 Å². The second kappa shape index (κ2) is 5.10. The van der Waals surface area contributed by atoms with Gasteiger partial charge in [0.15, 0.2) is 5.76 Å². The van der Waals surface area contributed by atoms with Crippen molar-refractivity contribution in [2.24, 2.45) is 5.73 Å². The lowest BCUT2D eigenvalue weighted by atomic mass is 10.1. The van der Waals surface area contributed by atoms with Crippen LogP contribution >= 0.6 is 0 Å². The highest BCUT2D eigenvalue weighted by atomic mass is 16.5. The summed E-state index contributed by atoms with van der Waals surface area (Å²) in [5.74, 6) is 2.13. The fraction of sp³-hybridized carbons (Fsp3) is 0.308. The van der Waals surface area contributed by atoms with E-state index in [1.807, 2.05) is 25.1 Å². The number of rotatable bonds is 4. The van der Waals surface area contributed by atoms with E-state index in [2.05, 4.69) is 5.16 Å². The molecule has 0 unspecified atom stereocenters. The average molecular weight is 248 g/mol. The van der Waals surface area contributed by atoms with Crippen molar-refractivity contribution < 1.29 is 14.0 Å². The van der Waals surface area contributed by atoms with Gasteiger partial charge in [-0.05, 0) is 19.1 Å². The molecule has 0 aliphatic rings. The molecular weight excluding hydrogens is 232 g/mol. The topological polar surface area (TPSA) is 70.5 Å². The molecule has 0 saturated heterocycles. The summed E-state index contributed by atoms with van der Waals surface area (Å²) in [5.41, 5.74) is 7.98. The highest BCUT2D eigenvalue weighted by Gasteiger charge is 2.16. The summed E-state index contributed by atoms with van der Waals surface area (Å²) in [6, 6.07) is 5.56. The molecule has 2 N–H and O–H groups in total. The standard InChI is InChI=1S/C13H16N2O3/c1-8-11(16-2)5-4-10(13(8)17-3)12-6-9(7-14)15-18-12/h4-6H,7,14H2,1-3H3. The third-order valence-corrected chi connectivity index (χ3v) is 2.81. The van der Waals surface area contributed by atoms with Crippen molar-refractivity contribution in [2.75, 3.05) is 14.2 Å². The maximum atomic E-state index is 5.51. The van der Waals surface area contributed by atoms with Crippen molar-refractivity contribution >= 4 is 0 Å². The first-order valence-corrected chi connectivity index (χ1v) is 5.58. The van der Waals surface area contributed by atoms with Gasteiger partial charge < -0.3 is 19.7 Å². The molecule has 0 aliphatic carbocycles. The van der Waals surface area contributed by atoms with Gasteiger partial charge >= 0.3 is 0 Å². The summed E-state index contributed by atoms with van der Waals surface area (Å²) in [4.78, 5) is 0. The number of benzene rings is 1. The highest BCUT2D eigenvalue weighted by molar-refractivity contribution is 5.70. The molecule has 96 valence electrons. The Balaban J connectivity index is 2.53. The Hall–Kier alpha value is -2.01. The predicted octanol–water partition coefficient (Wildman–Crippen LogP) is 2.13. The van der Waals surface area contributed by atoms with Crippen LogP contribution in [0.2, 0.25) is 0 Å². The lowest BCUT2D eigenvalue weighted by Gasteiger charge is -2.12. The zero-order valence-electron chi connectivity index (χ0n) is 10.7. The molecule has 5 nitrogen and oxygen atoms in total. The quantitative estimate of drug-likeness (QED) is 0.897. The van der Waals surface area contributed by atoms with Crippen LogP contribution in [0.1, 0.15) is 11.3 Å². The van der Waals surface area contributed by atoms with Gasteiger partial charge in [0.1, 0.15) is 11.5 Å². The van der Waals surface area contributed by atoms with Crippen molar-refractivity contribution in [2.45, 2.75) is 13.5 Å². The molecule has 0 atom stereocenters. The van der Waals surface area contributed by atoms with Crippen LogP contribution in [0.4, 0.5) is 0 Å². The van der Waals surface area contributed by atoms with Gasteiger partial charge in [-0.3, -0.25) is 0 Å². The monoisotopic (exact) mass is 248 g/mol. The van der Waals surface area contributed by atoms with Gasteiger partial charge in [-0.15, -0.1) is 0 Å². The Morgan fingerprint density at radius 2 is 2.06 bits per heavy atom. The Kier molecular flexibility index (Phi) is 3.53. The summed E-state index contributed by atoms with van der Waals surface area (Å²) < 4.78 is 15.9. The number of nitrogens with zero attached hydrogens (tertiary/aromatic N) is 1. The van der Waals surface area contributed by atoms with Crippen molar-refractivity contribution in [1.82, 2.24) is 5.16 Å². The van der Waals surface area contributed by atoms with Crippen LogP contribution in [0.25, 0.3) is 11.3 Å². The smallest absolute Gasteiger partial charge is 0.170 e. The minimum absolute atomic E-state index is 0.348. The first kappa shape index (κ1) is 12.4. The number of hydrogen-bond acceptors (Lipinski definition) is 5. The van der Waals surface area contributed by atoms with E-state index >= 15 is 0 Å². The molecule has 2 rings (SSSR count). The van der Waals surface area contributed by atoms with E-state index in [0.29, 0.717) is 23.7 Å². The van der Waals surface area contributed by atoms with Gasteiger partial charge in [0.05, 0.1) is 25.5 Å². The SMILES string of the molecule is COc1ccc(-c2cc(CN)no2)c(OC)c1C. The van der Waals surface area contributed by atoms with Gasteiger partial charge in [0, 0.05) is 18.2 Å². The molecule has 1 heterocycles. The minimum Gasteiger partial charge on any atom is -0.496 e. The van der Waals surface area contributed by atoms with E-state index in [4.69, 9.17) is 19.7 Å². The van der Waals surface area contributed by atoms with Crippen LogP contribution in [0, 0.1) is 6.92 Å². The second-order valence-electron chi connectivity index (χ2n) is 3.86. The van der Waals surface area contributed by atoms with Crippen LogP contribution in [0.3, 0.4) is 0 Å². The normalized spacial score (nSPS) is 10.4. The molecule has 0 aliphatic heterocycles. The number of methoxy groups -OCH3 is 2. The summed E-state index contributed by atoms with van der Waals surface area (Å²) in [6.45, 7) is 2.28. The fourth-order valence-corrected chi connectivity index (χ4v) is 1.89. The fourth-order valence-electron chi connectivity index (χ4n) is 1.89. The number of nitrogens with two attached hydrogens (primary N) is 1. The molecule has 0 saturated carbocycles. The summed E-state index contributed by atoms with van der Waals surface area (Å²) in [5, 5.41) is 3.87. The summed E-state index contributed by atoms with van der Waals surface area (Å²) in [6.07, 6.45) is 0. The summed E-state index contributed by atoms with van der Waals surface area (Å²) >= 11 is 0. The number of aromatic nitrogens is 1. The van der Waals surface area contributed by atoms with E-state index in [1.165, 1.54) is 0 Å². The van der Waals surface area contributed by atoms with Gasteiger partial charge in [-0.1, -0.05) is 5.16 Å². The van der Waals surface area contributed by atoms with E-state index < -0.39 is 0 Å². The van der Waals surface area contributed by atoms with E-state index in [0.717, 1.165) is 16.9 Å². The molecule has 0 fully saturated rings. The Morgan fingerprint density at radius 3 is 2.61 bits per heavy atom. The lowest BCUT2D eigenvalue weighted by molar-refractivity contribution is 0.385. The largest absolute Gasteiger partial charge is 0.496 e. The number of hydrogen-bond donors (Lipinski definition) is 1. The molecule has 1 aromatic carbocycles. The van der Waals surface area contributed by atoms with E-state index in [-0.39, 0.29) is 0 Å². The Morgan fingerprint density at radius 1 is 1.28 bits per heavy atom. The first-order valence-electron chi connectivity index (χ1n) is 5.58. The number of ether oxygens (including phenoxy) is 2. The highest BCUT2D eigenvalue weighted by Crippen LogP contribution is 2.37. The molecule has 2 aromatic rings. The molecule has 0 bridgehead atoms. The maximum absolute atomic E-state index is 5.51. The molecule has 0 spiro atoms. The lowest BCUT2D eigenvalue weighted by Crippen LogP contribution is -1.95. The van der Waals surface area contributed by atoms with Gasteiger partial charge in [0.2, 0.25) is 0 Å². The van der Waals surface area contributed by atoms with Gasteiger partial charge in [-0.25, -0.2) is 0 Å². The molecule has 18 heavy (non-hydrogen) atoms. The third kappa shape index (κ3) is 2.04. The Bertz CT molecular complexity index is 549. The van der Waals surface area contributed by atoms with Crippen molar-refractivity contribution in [3.63, 3.8) is 0 Å². The van der Waals surface area contributed by atoms with Crippen LogP contribution < -0.4 is 15.2 Å².